The van der Waals surface area contributed by atoms with E-state index in [2.05, 4.69) is 5.32 Å². The van der Waals surface area contributed by atoms with E-state index in [0.717, 1.165) is 25.7 Å². The number of halogens is 3. The predicted octanol–water partition coefficient (Wildman–Crippen LogP) is 3.61. The molecule has 4 nitrogen and oxygen atoms in total. The van der Waals surface area contributed by atoms with Crippen LogP contribution in [0.3, 0.4) is 0 Å². The molecule has 0 saturated heterocycles. The lowest BCUT2D eigenvalue weighted by atomic mass is 10.0. The third-order valence-electron chi connectivity index (χ3n) is 4.72. The van der Waals surface area contributed by atoms with E-state index in [-0.39, 0.29) is 0 Å². The first-order valence-corrected chi connectivity index (χ1v) is 10.2. The molecule has 1 aliphatic rings. The van der Waals surface area contributed by atoms with Gasteiger partial charge in [-0.15, -0.1) is 0 Å². The van der Waals surface area contributed by atoms with Gasteiger partial charge in [0, 0.05) is 13.0 Å². The SMILES string of the molecule is CC(C)(C(=O)NCC1CCCCCC1)S(=O)(=O)CCCC(F)(F)F. The maximum Gasteiger partial charge on any atom is 0.389 e. The molecule has 1 amide bonds. The fourth-order valence-electron chi connectivity index (χ4n) is 2.88. The Morgan fingerprint density at radius 2 is 1.62 bits per heavy atom. The first-order chi connectivity index (χ1) is 11.0. The van der Waals surface area contributed by atoms with Gasteiger partial charge in [-0.05, 0) is 39.0 Å². The van der Waals surface area contributed by atoms with E-state index in [1.165, 1.54) is 26.7 Å². The van der Waals surface area contributed by atoms with Crippen molar-refractivity contribution in [3.63, 3.8) is 0 Å². The van der Waals surface area contributed by atoms with Crippen LogP contribution in [0.15, 0.2) is 0 Å². The van der Waals surface area contributed by atoms with Crippen molar-refractivity contribution >= 4 is 15.7 Å². The van der Waals surface area contributed by atoms with Gasteiger partial charge in [-0.25, -0.2) is 8.42 Å². The molecular formula is C16H28F3NO3S. The number of hydrogen-bond donors (Lipinski definition) is 1. The second kappa shape index (κ2) is 8.54. The normalized spacial score (nSPS) is 18.2. The van der Waals surface area contributed by atoms with Gasteiger partial charge in [-0.1, -0.05) is 25.7 Å². The molecule has 24 heavy (non-hydrogen) atoms. The topological polar surface area (TPSA) is 63.2 Å². The molecule has 0 unspecified atom stereocenters. The van der Waals surface area contributed by atoms with E-state index in [9.17, 15) is 26.4 Å². The summed E-state index contributed by atoms with van der Waals surface area (Å²) in [6.45, 7) is 2.96. The van der Waals surface area contributed by atoms with Gasteiger partial charge in [0.15, 0.2) is 9.84 Å². The molecular weight excluding hydrogens is 343 g/mol. The van der Waals surface area contributed by atoms with E-state index in [0.29, 0.717) is 12.5 Å². The van der Waals surface area contributed by atoms with Crippen LogP contribution in [0, 0.1) is 5.92 Å². The highest BCUT2D eigenvalue weighted by molar-refractivity contribution is 7.93. The van der Waals surface area contributed by atoms with Crippen molar-refractivity contribution < 1.29 is 26.4 Å². The largest absolute Gasteiger partial charge is 0.389 e. The van der Waals surface area contributed by atoms with Crippen LogP contribution in [0.5, 0.6) is 0 Å². The Morgan fingerprint density at radius 1 is 1.08 bits per heavy atom. The molecule has 0 aromatic heterocycles. The lowest BCUT2D eigenvalue weighted by molar-refractivity contribution is -0.134. The van der Waals surface area contributed by atoms with Gasteiger partial charge in [0.2, 0.25) is 5.91 Å². The molecule has 1 rings (SSSR count). The molecule has 0 aromatic rings. The Morgan fingerprint density at radius 3 is 2.12 bits per heavy atom. The van der Waals surface area contributed by atoms with Crippen molar-refractivity contribution in [2.75, 3.05) is 12.3 Å². The minimum atomic E-state index is -4.39. The number of amides is 1. The van der Waals surface area contributed by atoms with E-state index < -0.39 is 45.3 Å². The van der Waals surface area contributed by atoms with Gasteiger partial charge in [-0.2, -0.15) is 13.2 Å². The second-order valence-corrected chi connectivity index (χ2v) is 9.77. The minimum Gasteiger partial charge on any atom is -0.354 e. The van der Waals surface area contributed by atoms with Gasteiger partial charge < -0.3 is 5.32 Å². The van der Waals surface area contributed by atoms with Crippen LogP contribution in [-0.2, 0) is 14.6 Å². The summed E-state index contributed by atoms with van der Waals surface area (Å²) < 4.78 is 59.3. The standard InChI is InChI=1S/C16H28F3NO3S/c1-15(2,24(22,23)11-7-10-16(17,18)19)14(21)20-12-13-8-5-3-4-6-9-13/h13H,3-12H2,1-2H3,(H,20,21). The second-order valence-electron chi connectivity index (χ2n) is 7.12. The van der Waals surface area contributed by atoms with E-state index in [4.69, 9.17) is 0 Å². The van der Waals surface area contributed by atoms with Crippen molar-refractivity contribution in [1.82, 2.24) is 5.32 Å². The number of carbonyl (C=O) groups is 1. The molecule has 0 spiro atoms. The smallest absolute Gasteiger partial charge is 0.354 e. The van der Waals surface area contributed by atoms with Crippen molar-refractivity contribution in [1.29, 1.82) is 0 Å². The van der Waals surface area contributed by atoms with Crippen LogP contribution in [0.25, 0.3) is 0 Å². The molecule has 0 heterocycles. The Hall–Kier alpha value is -0.790. The molecule has 0 bridgehead atoms. The summed E-state index contributed by atoms with van der Waals surface area (Å²) in [6.07, 6.45) is 0.545. The van der Waals surface area contributed by atoms with Gasteiger partial charge in [-0.3, -0.25) is 4.79 Å². The third-order valence-corrected chi connectivity index (χ3v) is 7.29. The fraction of sp³-hybridized carbons (Fsp3) is 0.938. The van der Waals surface area contributed by atoms with Crippen molar-refractivity contribution in [3.8, 4) is 0 Å². The number of sulfone groups is 1. The zero-order valence-electron chi connectivity index (χ0n) is 14.4. The molecule has 0 atom stereocenters. The monoisotopic (exact) mass is 371 g/mol. The molecule has 0 radical (unpaired) electrons. The zero-order chi connectivity index (χ0) is 18.4. The van der Waals surface area contributed by atoms with Gasteiger partial charge >= 0.3 is 6.18 Å². The van der Waals surface area contributed by atoms with Crippen LogP contribution in [-0.4, -0.2) is 37.5 Å². The zero-order valence-corrected chi connectivity index (χ0v) is 15.2. The summed E-state index contributed by atoms with van der Waals surface area (Å²) in [6, 6.07) is 0. The number of alkyl halides is 3. The number of nitrogens with one attached hydrogen (secondary N) is 1. The average molecular weight is 371 g/mol. The third kappa shape index (κ3) is 6.61. The maximum atomic E-state index is 12.3. The van der Waals surface area contributed by atoms with Crippen LogP contribution < -0.4 is 5.32 Å². The van der Waals surface area contributed by atoms with E-state index >= 15 is 0 Å². The highest BCUT2D eigenvalue weighted by Gasteiger charge is 2.41. The van der Waals surface area contributed by atoms with Crippen LogP contribution in [0.4, 0.5) is 13.2 Å². The van der Waals surface area contributed by atoms with Crippen molar-refractivity contribution in [2.45, 2.75) is 76.1 Å². The summed E-state index contributed by atoms with van der Waals surface area (Å²) in [5.74, 6) is -0.921. The Labute approximate surface area is 142 Å². The number of hydrogen-bond acceptors (Lipinski definition) is 3. The van der Waals surface area contributed by atoms with Crippen molar-refractivity contribution in [3.05, 3.63) is 0 Å². The quantitative estimate of drug-likeness (QED) is 0.696. The Balaban J connectivity index is 2.55. The molecule has 1 saturated carbocycles. The molecule has 1 N–H and O–H groups in total. The van der Waals surface area contributed by atoms with Crippen LogP contribution in [0.2, 0.25) is 0 Å². The lowest BCUT2D eigenvalue weighted by Crippen LogP contribution is -2.50. The van der Waals surface area contributed by atoms with E-state index in [1.54, 1.807) is 0 Å². The maximum absolute atomic E-state index is 12.3. The van der Waals surface area contributed by atoms with Crippen LogP contribution >= 0.6 is 0 Å². The first kappa shape index (κ1) is 21.3. The van der Waals surface area contributed by atoms with Gasteiger partial charge in [0.1, 0.15) is 4.75 Å². The first-order valence-electron chi connectivity index (χ1n) is 8.53. The highest BCUT2D eigenvalue weighted by Crippen LogP contribution is 2.26. The summed E-state index contributed by atoms with van der Waals surface area (Å²) in [5.41, 5.74) is 0. The highest BCUT2D eigenvalue weighted by atomic mass is 32.2. The molecule has 0 aromatic carbocycles. The van der Waals surface area contributed by atoms with Gasteiger partial charge in [0.05, 0.1) is 5.75 Å². The molecule has 1 aliphatic carbocycles. The lowest BCUT2D eigenvalue weighted by Gasteiger charge is -2.25. The molecule has 142 valence electrons. The van der Waals surface area contributed by atoms with E-state index in [1.807, 2.05) is 0 Å². The summed E-state index contributed by atoms with van der Waals surface area (Å²) in [5, 5.41) is 2.69. The van der Waals surface area contributed by atoms with Crippen LogP contribution in [0.1, 0.15) is 65.2 Å². The number of rotatable bonds is 7. The Bertz CT molecular complexity index is 507. The fourth-order valence-corrected chi connectivity index (χ4v) is 4.27. The summed E-state index contributed by atoms with van der Waals surface area (Å²) in [7, 11) is -3.95. The number of carbonyl (C=O) groups excluding carboxylic acids is 1. The Kier molecular flexibility index (Phi) is 7.56. The van der Waals surface area contributed by atoms with Gasteiger partial charge in [0.25, 0.3) is 0 Å². The predicted molar refractivity (Wildman–Crippen MR) is 87.4 cm³/mol. The summed E-state index contributed by atoms with van der Waals surface area (Å²) in [4.78, 5) is 12.3. The van der Waals surface area contributed by atoms with Crippen molar-refractivity contribution in [2.24, 2.45) is 5.92 Å². The minimum absolute atomic E-state index is 0.347. The molecule has 0 aliphatic heterocycles. The summed E-state index contributed by atoms with van der Waals surface area (Å²) >= 11 is 0. The molecule has 1 fully saturated rings. The molecule has 8 heteroatoms. The average Bonchev–Trinajstić information content (AvgIpc) is 2.71.